The van der Waals surface area contributed by atoms with Crippen molar-refractivity contribution >= 4 is 30.1 Å². The van der Waals surface area contributed by atoms with Crippen molar-refractivity contribution in [3.63, 3.8) is 0 Å². The smallest absolute Gasteiger partial charge is 0.236 e. The van der Waals surface area contributed by atoms with E-state index in [9.17, 15) is 4.79 Å². The molecule has 134 valence electrons. The maximum Gasteiger partial charge on any atom is 0.236 e. The lowest BCUT2D eigenvalue weighted by Crippen LogP contribution is -2.53. The number of hydrogen-bond donors (Lipinski definition) is 2. The van der Waals surface area contributed by atoms with Gasteiger partial charge in [-0.2, -0.15) is 0 Å². The number of amides is 1. The van der Waals surface area contributed by atoms with E-state index in [4.69, 9.17) is 0 Å². The van der Waals surface area contributed by atoms with Gasteiger partial charge in [-0.3, -0.25) is 4.79 Å². The minimum Gasteiger partial charge on any atom is -0.352 e. The van der Waals surface area contributed by atoms with Crippen molar-refractivity contribution in [3.8, 4) is 0 Å². The van der Waals surface area contributed by atoms with Gasteiger partial charge in [0.25, 0.3) is 0 Å². The fraction of sp³-hybridized carbons (Fsp3) is 0.632. The normalized spacial score (nSPS) is 25.8. The summed E-state index contributed by atoms with van der Waals surface area (Å²) in [5.74, 6) is 0.773. The summed E-state index contributed by atoms with van der Waals surface area (Å²) >= 11 is 1.78. The molecule has 5 heteroatoms. The number of benzene rings is 1. The number of aryl methyl sites for hydroxylation is 1. The minimum absolute atomic E-state index is 0. The van der Waals surface area contributed by atoms with Crippen molar-refractivity contribution in [3.05, 3.63) is 29.8 Å². The molecule has 1 amide bonds. The fourth-order valence-electron chi connectivity index (χ4n) is 3.68. The Morgan fingerprint density at radius 3 is 2.54 bits per heavy atom. The molecule has 1 aromatic rings. The topological polar surface area (TPSA) is 41.1 Å². The summed E-state index contributed by atoms with van der Waals surface area (Å²) in [5, 5.41) is 6.79. The van der Waals surface area contributed by atoms with Gasteiger partial charge in [0.15, 0.2) is 0 Å². The molecular formula is C19H29ClN2OS. The van der Waals surface area contributed by atoms with Crippen molar-refractivity contribution in [2.45, 2.75) is 61.6 Å². The molecular weight excluding hydrogens is 340 g/mol. The molecule has 3 rings (SSSR count). The molecule has 2 N–H and O–H groups in total. The standard InChI is InChI=1S/C19H28N2OS.ClH/c1-14-5-7-16(8-6-14)23-19(10-3-4-11-19)18(22)21-17-9-12-20-13-15(17)2;/h5-8,15,17,20H,3-4,9-13H2,1-2H3,(H,21,22);1H. The van der Waals surface area contributed by atoms with Crippen LogP contribution in [0.5, 0.6) is 0 Å². The molecule has 1 saturated heterocycles. The predicted octanol–water partition coefficient (Wildman–Crippen LogP) is 3.94. The molecule has 2 unspecified atom stereocenters. The number of carbonyl (C=O) groups excluding carboxylic acids is 1. The first-order valence-corrected chi connectivity index (χ1v) is 9.68. The van der Waals surface area contributed by atoms with Crippen LogP contribution in [0.1, 0.15) is 44.6 Å². The first-order chi connectivity index (χ1) is 11.1. The van der Waals surface area contributed by atoms with Crippen molar-refractivity contribution in [1.82, 2.24) is 10.6 Å². The van der Waals surface area contributed by atoms with Crippen molar-refractivity contribution in [2.24, 2.45) is 5.92 Å². The average Bonchev–Trinajstić information content (AvgIpc) is 3.02. The van der Waals surface area contributed by atoms with Gasteiger partial charge in [0.2, 0.25) is 5.91 Å². The predicted molar refractivity (Wildman–Crippen MR) is 104 cm³/mol. The number of halogens is 1. The van der Waals surface area contributed by atoms with Crippen LogP contribution < -0.4 is 10.6 Å². The lowest BCUT2D eigenvalue weighted by molar-refractivity contribution is -0.124. The van der Waals surface area contributed by atoms with Crippen LogP contribution in [0.2, 0.25) is 0 Å². The van der Waals surface area contributed by atoms with Gasteiger partial charge >= 0.3 is 0 Å². The van der Waals surface area contributed by atoms with Gasteiger partial charge in [0.1, 0.15) is 0 Å². The van der Waals surface area contributed by atoms with E-state index in [0.717, 1.165) is 45.2 Å². The molecule has 1 heterocycles. The van der Waals surface area contributed by atoms with Crippen LogP contribution in [0, 0.1) is 12.8 Å². The number of nitrogens with one attached hydrogen (secondary N) is 2. The van der Waals surface area contributed by atoms with Crippen LogP contribution in [0.3, 0.4) is 0 Å². The molecule has 24 heavy (non-hydrogen) atoms. The van der Waals surface area contributed by atoms with Gasteiger partial charge in [-0.25, -0.2) is 0 Å². The zero-order valence-electron chi connectivity index (χ0n) is 14.6. The largest absolute Gasteiger partial charge is 0.352 e. The van der Waals surface area contributed by atoms with Crippen molar-refractivity contribution in [1.29, 1.82) is 0 Å². The minimum atomic E-state index is -0.264. The van der Waals surface area contributed by atoms with Gasteiger partial charge in [0, 0.05) is 10.9 Å². The summed E-state index contributed by atoms with van der Waals surface area (Å²) in [4.78, 5) is 14.3. The lowest BCUT2D eigenvalue weighted by Gasteiger charge is -2.34. The van der Waals surface area contributed by atoms with E-state index in [0.29, 0.717) is 12.0 Å². The highest BCUT2D eigenvalue weighted by Crippen LogP contribution is 2.45. The van der Waals surface area contributed by atoms with Crippen LogP contribution in [-0.4, -0.2) is 29.8 Å². The SMILES string of the molecule is Cc1ccc(SC2(C(=O)NC3CCNCC3C)CCCC2)cc1.Cl. The highest BCUT2D eigenvalue weighted by atomic mass is 35.5. The van der Waals surface area contributed by atoms with Crippen molar-refractivity contribution < 1.29 is 4.79 Å². The van der Waals surface area contributed by atoms with Crippen LogP contribution >= 0.6 is 24.2 Å². The van der Waals surface area contributed by atoms with E-state index in [2.05, 4.69) is 48.7 Å². The van der Waals surface area contributed by atoms with Gasteiger partial charge in [-0.1, -0.05) is 37.5 Å². The fourth-order valence-corrected chi connectivity index (χ4v) is 5.05. The second-order valence-corrected chi connectivity index (χ2v) is 8.62. The second-order valence-electron chi connectivity index (χ2n) is 7.17. The van der Waals surface area contributed by atoms with E-state index in [1.165, 1.54) is 10.5 Å². The van der Waals surface area contributed by atoms with Gasteiger partial charge in [-0.15, -0.1) is 24.2 Å². The summed E-state index contributed by atoms with van der Waals surface area (Å²) < 4.78 is -0.264. The average molecular weight is 369 g/mol. The third kappa shape index (κ3) is 4.47. The number of hydrogen-bond acceptors (Lipinski definition) is 3. The van der Waals surface area contributed by atoms with E-state index in [-0.39, 0.29) is 23.1 Å². The molecule has 3 nitrogen and oxygen atoms in total. The molecule has 1 saturated carbocycles. The molecule has 1 aliphatic heterocycles. The summed E-state index contributed by atoms with van der Waals surface area (Å²) in [7, 11) is 0. The Balaban J connectivity index is 0.00000208. The van der Waals surface area contributed by atoms with Gasteiger partial charge in [-0.05, 0) is 57.3 Å². The number of rotatable bonds is 4. The lowest BCUT2D eigenvalue weighted by atomic mass is 9.94. The molecule has 0 spiro atoms. The monoisotopic (exact) mass is 368 g/mol. The van der Waals surface area contributed by atoms with Crippen LogP contribution in [0.25, 0.3) is 0 Å². The van der Waals surface area contributed by atoms with Gasteiger partial charge < -0.3 is 10.6 Å². The summed E-state index contributed by atoms with van der Waals surface area (Å²) in [5.41, 5.74) is 1.27. The zero-order valence-corrected chi connectivity index (χ0v) is 16.3. The van der Waals surface area contributed by atoms with E-state index < -0.39 is 0 Å². The zero-order chi connectivity index (χ0) is 16.3. The number of piperidine rings is 1. The molecule has 2 fully saturated rings. The molecule has 0 radical (unpaired) electrons. The Hall–Kier alpha value is -0.710. The van der Waals surface area contributed by atoms with Crippen LogP contribution in [0.15, 0.2) is 29.2 Å². The first kappa shape index (κ1) is 19.6. The maximum atomic E-state index is 13.1. The van der Waals surface area contributed by atoms with E-state index >= 15 is 0 Å². The molecule has 1 aliphatic carbocycles. The summed E-state index contributed by atoms with van der Waals surface area (Å²) in [6, 6.07) is 8.90. The molecule has 0 bridgehead atoms. The maximum absolute atomic E-state index is 13.1. The van der Waals surface area contributed by atoms with Crippen LogP contribution in [-0.2, 0) is 4.79 Å². The highest BCUT2D eigenvalue weighted by Gasteiger charge is 2.43. The molecule has 1 aromatic carbocycles. The Labute approximate surface area is 156 Å². The molecule has 2 aliphatic rings. The summed E-state index contributed by atoms with van der Waals surface area (Å²) in [6.07, 6.45) is 5.35. The third-order valence-electron chi connectivity index (χ3n) is 5.26. The van der Waals surface area contributed by atoms with Crippen LogP contribution in [0.4, 0.5) is 0 Å². The van der Waals surface area contributed by atoms with E-state index in [1.807, 2.05) is 0 Å². The molecule has 2 atom stereocenters. The third-order valence-corrected chi connectivity index (χ3v) is 6.75. The Morgan fingerprint density at radius 2 is 1.92 bits per heavy atom. The molecule has 0 aromatic heterocycles. The quantitative estimate of drug-likeness (QED) is 0.845. The summed E-state index contributed by atoms with van der Waals surface area (Å²) in [6.45, 7) is 6.34. The number of thioether (sulfide) groups is 1. The Bertz CT molecular complexity index is 543. The highest BCUT2D eigenvalue weighted by molar-refractivity contribution is 8.01. The Kier molecular flexibility index (Phi) is 7.02. The second kappa shape index (κ2) is 8.59. The van der Waals surface area contributed by atoms with Crippen molar-refractivity contribution in [2.75, 3.05) is 13.1 Å². The van der Waals surface area contributed by atoms with Gasteiger partial charge in [0.05, 0.1) is 4.75 Å². The Morgan fingerprint density at radius 1 is 1.25 bits per heavy atom. The first-order valence-electron chi connectivity index (χ1n) is 8.86. The number of carbonyl (C=O) groups is 1. The van der Waals surface area contributed by atoms with E-state index in [1.54, 1.807) is 11.8 Å².